The number of nitrogens with one attached hydrogen (secondary N) is 1. The number of hydrogen-bond acceptors (Lipinski definition) is 6. The summed E-state index contributed by atoms with van der Waals surface area (Å²) in [5.74, 6) is -0.871. The first-order valence-corrected chi connectivity index (χ1v) is 13.5. The van der Waals surface area contributed by atoms with Gasteiger partial charge in [-0.1, -0.05) is 25.0 Å². The van der Waals surface area contributed by atoms with Crippen LogP contribution in [0.4, 0.5) is 10.1 Å². The van der Waals surface area contributed by atoms with Crippen LogP contribution in [0.25, 0.3) is 0 Å². The van der Waals surface area contributed by atoms with Crippen LogP contribution in [0.1, 0.15) is 59.2 Å². The third kappa shape index (κ3) is 5.74. The van der Waals surface area contributed by atoms with E-state index in [4.69, 9.17) is 10.5 Å². The molecule has 2 amide bonds. The van der Waals surface area contributed by atoms with E-state index in [1.165, 1.54) is 37.0 Å². The van der Waals surface area contributed by atoms with Crippen LogP contribution in [0, 0.1) is 23.1 Å². The molecule has 1 saturated carbocycles. The smallest absolute Gasteiger partial charge is 0.254 e. The summed E-state index contributed by atoms with van der Waals surface area (Å²) in [5.41, 5.74) is 8.31. The molecule has 3 N–H and O–H groups in total. The highest BCUT2D eigenvalue weighted by molar-refractivity contribution is 6.02. The summed E-state index contributed by atoms with van der Waals surface area (Å²) in [6.07, 6.45) is 7.27. The van der Waals surface area contributed by atoms with E-state index < -0.39 is 29.2 Å². The number of amides is 2. The van der Waals surface area contributed by atoms with Gasteiger partial charge >= 0.3 is 0 Å². The van der Waals surface area contributed by atoms with Gasteiger partial charge < -0.3 is 20.7 Å². The van der Waals surface area contributed by atoms with Crippen molar-refractivity contribution < 1.29 is 18.7 Å². The molecule has 8 nitrogen and oxygen atoms in total. The summed E-state index contributed by atoms with van der Waals surface area (Å²) in [6, 6.07) is 15.7. The van der Waals surface area contributed by atoms with Crippen LogP contribution in [-0.4, -0.2) is 47.5 Å². The number of benzene rings is 2. The van der Waals surface area contributed by atoms with Crippen LogP contribution < -0.4 is 11.1 Å². The number of nitriles is 1. The molecule has 1 aliphatic heterocycles. The SMILES string of the molecule is COC1CC(C(=O)Nc2cc(C(N)(CCC3CC3)c3ccncc3)ccc2F)N(C(=O)c2cccc(C#N)c2)C1. The van der Waals surface area contributed by atoms with Crippen molar-refractivity contribution in [3.63, 3.8) is 0 Å². The first-order chi connectivity index (χ1) is 19.3. The maximum absolute atomic E-state index is 15.1. The monoisotopic (exact) mass is 541 g/mol. The Kier molecular flexibility index (Phi) is 7.92. The molecule has 2 aliphatic rings. The summed E-state index contributed by atoms with van der Waals surface area (Å²) < 4.78 is 20.5. The Labute approximate surface area is 233 Å². The summed E-state index contributed by atoms with van der Waals surface area (Å²) in [6.45, 7) is 0.196. The van der Waals surface area contributed by atoms with Gasteiger partial charge in [-0.15, -0.1) is 0 Å². The largest absolute Gasteiger partial charge is 0.380 e. The Hall–Kier alpha value is -4.13. The zero-order valence-electron chi connectivity index (χ0n) is 22.3. The van der Waals surface area contributed by atoms with Crippen molar-refractivity contribution in [2.75, 3.05) is 19.0 Å². The predicted octanol–water partition coefficient (Wildman–Crippen LogP) is 4.35. The van der Waals surface area contributed by atoms with E-state index in [-0.39, 0.29) is 24.8 Å². The predicted molar refractivity (Wildman–Crippen MR) is 148 cm³/mol. The van der Waals surface area contributed by atoms with Crippen LogP contribution in [0.3, 0.4) is 0 Å². The fourth-order valence-corrected chi connectivity index (χ4v) is 5.39. The lowest BCUT2D eigenvalue weighted by atomic mass is 9.79. The van der Waals surface area contributed by atoms with Crippen LogP contribution in [-0.2, 0) is 15.1 Å². The maximum Gasteiger partial charge on any atom is 0.254 e. The number of anilines is 1. The number of nitrogens with zero attached hydrogens (tertiary/aromatic N) is 3. The minimum atomic E-state index is -0.888. The number of carbonyl (C=O) groups excluding carboxylic acids is 2. The van der Waals surface area contributed by atoms with Gasteiger partial charge in [-0.3, -0.25) is 14.6 Å². The highest BCUT2D eigenvalue weighted by atomic mass is 19.1. The van der Waals surface area contributed by atoms with E-state index in [1.54, 1.807) is 42.7 Å². The van der Waals surface area contributed by atoms with Gasteiger partial charge in [0.2, 0.25) is 5.91 Å². The van der Waals surface area contributed by atoms with Gasteiger partial charge in [0, 0.05) is 38.0 Å². The Balaban J connectivity index is 1.41. The van der Waals surface area contributed by atoms with E-state index in [2.05, 4.69) is 10.3 Å². The number of carbonyl (C=O) groups is 2. The molecule has 206 valence electrons. The summed E-state index contributed by atoms with van der Waals surface area (Å²) >= 11 is 0. The van der Waals surface area contributed by atoms with Gasteiger partial charge in [-0.25, -0.2) is 4.39 Å². The molecule has 40 heavy (non-hydrogen) atoms. The molecule has 3 unspecified atom stereocenters. The maximum atomic E-state index is 15.1. The molecule has 3 aromatic rings. The minimum Gasteiger partial charge on any atom is -0.380 e. The molecule has 2 fully saturated rings. The average Bonchev–Trinajstić information content (AvgIpc) is 3.72. The molecule has 2 heterocycles. The molecule has 1 saturated heterocycles. The van der Waals surface area contributed by atoms with Crippen molar-refractivity contribution >= 4 is 17.5 Å². The number of methoxy groups -OCH3 is 1. The van der Waals surface area contributed by atoms with Gasteiger partial charge in [0.15, 0.2) is 0 Å². The second kappa shape index (κ2) is 11.5. The molecule has 0 spiro atoms. The van der Waals surface area contributed by atoms with E-state index in [1.807, 2.05) is 18.2 Å². The number of hydrogen-bond donors (Lipinski definition) is 2. The Bertz CT molecular complexity index is 1440. The van der Waals surface area contributed by atoms with Crippen LogP contribution in [0.2, 0.25) is 0 Å². The van der Waals surface area contributed by atoms with Crippen molar-refractivity contribution in [2.24, 2.45) is 11.7 Å². The fourth-order valence-electron chi connectivity index (χ4n) is 5.39. The Morgan fingerprint density at radius 2 is 1.95 bits per heavy atom. The lowest BCUT2D eigenvalue weighted by Gasteiger charge is -2.31. The topological polar surface area (TPSA) is 121 Å². The highest BCUT2D eigenvalue weighted by Crippen LogP contribution is 2.40. The zero-order valence-corrected chi connectivity index (χ0v) is 22.3. The van der Waals surface area contributed by atoms with Gasteiger partial charge in [0.05, 0.1) is 29.0 Å². The van der Waals surface area contributed by atoms with Crippen molar-refractivity contribution in [1.82, 2.24) is 9.88 Å². The molecule has 9 heteroatoms. The van der Waals surface area contributed by atoms with Crippen LogP contribution >= 0.6 is 0 Å². The molecule has 1 aliphatic carbocycles. The zero-order chi connectivity index (χ0) is 28.3. The molecule has 0 bridgehead atoms. The second-order valence-corrected chi connectivity index (χ2v) is 10.6. The van der Waals surface area contributed by atoms with Crippen molar-refractivity contribution in [3.05, 3.63) is 95.1 Å². The Morgan fingerprint density at radius 3 is 2.65 bits per heavy atom. The molecule has 1 aromatic heterocycles. The standard InChI is InChI=1S/C31H32FN5O3/c1-40-25-17-28(37(19-25)30(39)22-4-2-3-21(15-22)18-33)29(38)36-27-16-24(7-8-26(27)32)31(34,12-9-20-5-6-20)23-10-13-35-14-11-23/h2-4,7-8,10-11,13-16,20,25,28H,5-6,9,12,17,19,34H2,1H3,(H,36,38). The second-order valence-electron chi connectivity index (χ2n) is 10.6. The molecule has 2 aromatic carbocycles. The van der Waals surface area contributed by atoms with E-state index in [0.717, 1.165) is 12.0 Å². The van der Waals surface area contributed by atoms with E-state index >= 15 is 4.39 Å². The first-order valence-electron chi connectivity index (χ1n) is 13.5. The van der Waals surface area contributed by atoms with Crippen molar-refractivity contribution in [3.8, 4) is 6.07 Å². The number of pyridine rings is 1. The molecule has 3 atom stereocenters. The third-order valence-electron chi connectivity index (χ3n) is 7.98. The van der Waals surface area contributed by atoms with Gasteiger partial charge in [-0.05, 0) is 72.4 Å². The van der Waals surface area contributed by atoms with Crippen molar-refractivity contribution in [2.45, 2.75) is 49.8 Å². The lowest BCUT2D eigenvalue weighted by molar-refractivity contribution is -0.119. The third-order valence-corrected chi connectivity index (χ3v) is 7.98. The van der Waals surface area contributed by atoms with E-state index in [0.29, 0.717) is 29.0 Å². The number of likely N-dealkylation sites (tertiary alicyclic amines) is 1. The number of halogens is 1. The van der Waals surface area contributed by atoms with Gasteiger partial charge in [0.25, 0.3) is 5.91 Å². The fraction of sp³-hybridized carbons (Fsp3) is 0.355. The Morgan fingerprint density at radius 1 is 1.18 bits per heavy atom. The van der Waals surface area contributed by atoms with Crippen LogP contribution in [0.5, 0.6) is 0 Å². The molecular formula is C31H32FN5O3. The summed E-state index contributed by atoms with van der Waals surface area (Å²) in [5, 5.41) is 11.9. The van der Waals surface area contributed by atoms with Crippen molar-refractivity contribution in [1.29, 1.82) is 5.26 Å². The van der Waals surface area contributed by atoms with Gasteiger partial charge in [-0.2, -0.15) is 5.26 Å². The quantitative estimate of drug-likeness (QED) is 0.415. The summed E-state index contributed by atoms with van der Waals surface area (Å²) in [4.78, 5) is 32.4. The minimum absolute atomic E-state index is 0.00227. The molecular weight excluding hydrogens is 509 g/mol. The molecule has 0 radical (unpaired) electrons. The average molecular weight is 542 g/mol. The number of ether oxygens (including phenoxy) is 1. The van der Waals surface area contributed by atoms with E-state index in [9.17, 15) is 14.9 Å². The number of rotatable bonds is 9. The number of nitrogens with two attached hydrogens (primary N) is 1. The molecule has 5 rings (SSSR count). The summed E-state index contributed by atoms with van der Waals surface area (Å²) in [7, 11) is 1.52. The van der Waals surface area contributed by atoms with Crippen LogP contribution in [0.15, 0.2) is 67.0 Å². The first kappa shape index (κ1) is 27.4. The number of aromatic nitrogens is 1. The highest BCUT2D eigenvalue weighted by Gasteiger charge is 2.41. The van der Waals surface area contributed by atoms with Gasteiger partial charge in [0.1, 0.15) is 11.9 Å². The lowest BCUT2D eigenvalue weighted by Crippen LogP contribution is -2.43. The normalized spacial score (nSPS) is 20.0.